The molecular weight excluding hydrogens is 326 g/mol. The second-order valence-corrected chi connectivity index (χ2v) is 7.82. The summed E-state index contributed by atoms with van der Waals surface area (Å²) in [6.45, 7) is 3.13. The number of hydrogen-bond donors (Lipinski definition) is 1. The molecule has 0 bridgehead atoms. The second-order valence-electron chi connectivity index (χ2n) is 7.82. The molecule has 5 nitrogen and oxygen atoms in total. The third-order valence-electron chi connectivity index (χ3n) is 6.37. The normalized spacial score (nSPS) is 19.9. The first-order valence-electron chi connectivity index (χ1n) is 9.80. The summed E-state index contributed by atoms with van der Waals surface area (Å²) in [4.78, 5) is 15.6. The molecule has 1 aliphatic heterocycles. The van der Waals surface area contributed by atoms with E-state index in [1.165, 1.54) is 51.6 Å². The summed E-state index contributed by atoms with van der Waals surface area (Å²) in [7, 11) is 3.61. The lowest BCUT2D eigenvalue weighted by Crippen LogP contribution is -2.53. The molecule has 0 spiro atoms. The molecule has 4 rings (SSSR count). The molecule has 26 heavy (non-hydrogen) atoms. The molecule has 1 saturated heterocycles. The van der Waals surface area contributed by atoms with Gasteiger partial charge in [-0.05, 0) is 57.0 Å². The van der Waals surface area contributed by atoms with E-state index in [9.17, 15) is 4.79 Å². The van der Waals surface area contributed by atoms with E-state index >= 15 is 0 Å². The lowest BCUT2D eigenvalue weighted by molar-refractivity contribution is 0.0853. The first-order valence-corrected chi connectivity index (χ1v) is 9.80. The number of rotatable bonds is 5. The largest absolute Gasteiger partial charge is 0.497 e. The van der Waals surface area contributed by atoms with Crippen LogP contribution in [0.15, 0.2) is 24.3 Å². The fourth-order valence-electron chi connectivity index (χ4n) is 4.82. The maximum Gasteiger partial charge on any atom is 0.267 e. The van der Waals surface area contributed by atoms with Gasteiger partial charge >= 0.3 is 0 Å². The number of ether oxygens (including phenoxy) is 1. The Morgan fingerprint density at radius 1 is 1.15 bits per heavy atom. The van der Waals surface area contributed by atoms with Crippen molar-refractivity contribution in [2.24, 2.45) is 7.05 Å². The van der Waals surface area contributed by atoms with Crippen LogP contribution < -0.4 is 10.1 Å². The van der Waals surface area contributed by atoms with Crippen molar-refractivity contribution in [1.29, 1.82) is 0 Å². The predicted octanol–water partition coefficient (Wildman–Crippen LogP) is 3.33. The first kappa shape index (κ1) is 17.4. The van der Waals surface area contributed by atoms with Crippen molar-refractivity contribution in [3.05, 3.63) is 30.0 Å². The monoisotopic (exact) mass is 355 g/mol. The third-order valence-corrected chi connectivity index (χ3v) is 6.37. The molecule has 5 heteroatoms. The molecule has 0 atom stereocenters. The van der Waals surface area contributed by atoms with Crippen molar-refractivity contribution in [2.75, 3.05) is 26.7 Å². The van der Waals surface area contributed by atoms with E-state index in [1.54, 1.807) is 7.11 Å². The summed E-state index contributed by atoms with van der Waals surface area (Å²) in [5.41, 5.74) is 1.91. The zero-order chi connectivity index (χ0) is 18.1. The van der Waals surface area contributed by atoms with Crippen molar-refractivity contribution in [3.63, 3.8) is 0 Å². The summed E-state index contributed by atoms with van der Waals surface area (Å²) in [5.74, 6) is 0.831. The van der Waals surface area contributed by atoms with E-state index in [1.807, 2.05) is 35.9 Å². The predicted molar refractivity (Wildman–Crippen MR) is 104 cm³/mol. The number of amides is 1. The van der Waals surface area contributed by atoms with Crippen LogP contribution in [0.3, 0.4) is 0 Å². The summed E-state index contributed by atoms with van der Waals surface area (Å²) in [6, 6.07) is 7.90. The molecule has 1 amide bonds. The lowest BCUT2D eigenvalue weighted by atomic mass is 9.95. The quantitative estimate of drug-likeness (QED) is 0.895. The van der Waals surface area contributed by atoms with Crippen LogP contribution in [0.25, 0.3) is 10.9 Å². The van der Waals surface area contributed by atoms with E-state index < -0.39 is 0 Å². The Hall–Kier alpha value is -2.01. The van der Waals surface area contributed by atoms with Gasteiger partial charge in [0.25, 0.3) is 5.91 Å². The van der Waals surface area contributed by atoms with Crippen molar-refractivity contribution >= 4 is 16.8 Å². The van der Waals surface area contributed by atoms with E-state index in [4.69, 9.17) is 4.74 Å². The van der Waals surface area contributed by atoms with E-state index in [-0.39, 0.29) is 11.4 Å². The fourth-order valence-corrected chi connectivity index (χ4v) is 4.82. The summed E-state index contributed by atoms with van der Waals surface area (Å²) < 4.78 is 7.28. The number of aryl methyl sites for hydroxylation is 1. The Bertz CT molecular complexity index is 799. The Balaban J connectivity index is 1.52. The molecule has 1 aliphatic carbocycles. The van der Waals surface area contributed by atoms with Gasteiger partial charge in [0.1, 0.15) is 11.4 Å². The highest BCUT2D eigenvalue weighted by molar-refractivity contribution is 5.99. The zero-order valence-electron chi connectivity index (χ0n) is 15.9. The highest BCUT2D eigenvalue weighted by atomic mass is 16.5. The summed E-state index contributed by atoms with van der Waals surface area (Å²) in [6.07, 6.45) is 7.56. The molecule has 1 saturated carbocycles. The SMILES string of the molecule is COc1ccc2cc(C(=O)NCC3(N4CCCC4)CCCC3)n(C)c2c1. The Morgan fingerprint density at radius 2 is 1.88 bits per heavy atom. The van der Waals surface area contributed by atoms with Crippen LogP contribution in [0.4, 0.5) is 0 Å². The molecule has 2 fully saturated rings. The van der Waals surface area contributed by atoms with Gasteiger partial charge in [-0.25, -0.2) is 0 Å². The zero-order valence-corrected chi connectivity index (χ0v) is 15.9. The van der Waals surface area contributed by atoms with Crippen molar-refractivity contribution in [1.82, 2.24) is 14.8 Å². The minimum absolute atomic E-state index is 0.0214. The maximum absolute atomic E-state index is 12.9. The standard InChI is InChI=1S/C21H29N3O2/c1-23-18-14-17(26-2)8-7-16(18)13-19(23)20(25)22-15-21(9-3-4-10-21)24-11-5-6-12-24/h7-8,13-14H,3-6,9-12,15H2,1-2H3,(H,22,25). The highest BCUT2D eigenvalue weighted by Crippen LogP contribution is 2.37. The number of carbonyl (C=O) groups is 1. The summed E-state index contributed by atoms with van der Waals surface area (Å²) >= 11 is 0. The van der Waals surface area contributed by atoms with E-state index in [0.717, 1.165) is 23.2 Å². The van der Waals surface area contributed by atoms with Crippen LogP contribution in [-0.4, -0.2) is 47.7 Å². The van der Waals surface area contributed by atoms with Gasteiger partial charge < -0.3 is 14.6 Å². The number of aromatic nitrogens is 1. The number of hydrogen-bond acceptors (Lipinski definition) is 3. The minimum atomic E-state index is 0.0214. The Kier molecular flexibility index (Phi) is 4.65. The van der Waals surface area contributed by atoms with Crippen molar-refractivity contribution in [3.8, 4) is 5.75 Å². The van der Waals surface area contributed by atoms with Crippen LogP contribution in [-0.2, 0) is 7.05 Å². The van der Waals surface area contributed by atoms with Crippen LogP contribution >= 0.6 is 0 Å². The Labute approximate surface area is 155 Å². The third kappa shape index (κ3) is 2.98. The van der Waals surface area contributed by atoms with Crippen LogP contribution in [0.5, 0.6) is 5.75 Å². The molecular formula is C21H29N3O2. The van der Waals surface area contributed by atoms with Gasteiger partial charge in [-0.3, -0.25) is 9.69 Å². The number of nitrogens with zero attached hydrogens (tertiary/aromatic N) is 2. The molecule has 1 N–H and O–H groups in total. The molecule has 1 aromatic heterocycles. The number of benzene rings is 1. The number of nitrogens with one attached hydrogen (secondary N) is 1. The van der Waals surface area contributed by atoms with Gasteiger partial charge in [0, 0.05) is 30.6 Å². The van der Waals surface area contributed by atoms with Crippen molar-refractivity contribution < 1.29 is 9.53 Å². The number of likely N-dealkylation sites (tertiary alicyclic amines) is 1. The van der Waals surface area contributed by atoms with Crippen LogP contribution in [0.2, 0.25) is 0 Å². The van der Waals surface area contributed by atoms with Crippen molar-refractivity contribution in [2.45, 2.75) is 44.1 Å². The molecule has 140 valence electrons. The molecule has 2 heterocycles. The van der Waals surface area contributed by atoms with Crippen LogP contribution in [0.1, 0.15) is 49.0 Å². The van der Waals surface area contributed by atoms with Crippen LogP contribution in [0, 0.1) is 0 Å². The minimum Gasteiger partial charge on any atom is -0.497 e. The van der Waals surface area contributed by atoms with E-state index in [0.29, 0.717) is 5.69 Å². The Morgan fingerprint density at radius 3 is 2.58 bits per heavy atom. The average Bonchev–Trinajstić information content (AvgIpc) is 3.40. The second kappa shape index (κ2) is 6.95. The highest BCUT2D eigenvalue weighted by Gasteiger charge is 2.40. The first-order chi connectivity index (χ1) is 12.6. The van der Waals surface area contributed by atoms with Gasteiger partial charge in [0.2, 0.25) is 0 Å². The van der Waals surface area contributed by atoms with Gasteiger partial charge in [-0.1, -0.05) is 12.8 Å². The average molecular weight is 355 g/mol. The maximum atomic E-state index is 12.9. The smallest absolute Gasteiger partial charge is 0.267 e. The number of carbonyl (C=O) groups excluding carboxylic acids is 1. The molecule has 2 aliphatic rings. The fraction of sp³-hybridized carbons (Fsp3) is 0.571. The lowest BCUT2D eigenvalue weighted by Gasteiger charge is -2.39. The van der Waals surface area contributed by atoms with Gasteiger partial charge in [0.05, 0.1) is 12.6 Å². The molecule has 0 unspecified atom stereocenters. The van der Waals surface area contributed by atoms with E-state index in [2.05, 4.69) is 10.2 Å². The topological polar surface area (TPSA) is 46.5 Å². The van der Waals surface area contributed by atoms with Gasteiger partial charge in [-0.15, -0.1) is 0 Å². The van der Waals surface area contributed by atoms with Gasteiger partial charge in [-0.2, -0.15) is 0 Å². The summed E-state index contributed by atoms with van der Waals surface area (Å²) in [5, 5.41) is 4.32. The molecule has 1 aromatic carbocycles. The van der Waals surface area contributed by atoms with Gasteiger partial charge in [0.15, 0.2) is 0 Å². The number of methoxy groups -OCH3 is 1. The molecule has 2 aromatic rings. The molecule has 0 radical (unpaired) electrons. The number of fused-ring (bicyclic) bond motifs is 1.